The second kappa shape index (κ2) is 8.60. The molecule has 1 aromatic carbocycles. The van der Waals surface area contributed by atoms with Crippen LogP contribution < -0.4 is 11.0 Å². The summed E-state index contributed by atoms with van der Waals surface area (Å²) in [4.78, 5) is 34.4. The zero-order chi connectivity index (χ0) is 20.2. The first-order valence-electron chi connectivity index (χ1n) is 9.62. The van der Waals surface area contributed by atoms with E-state index in [0.717, 1.165) is 42.0 Å². The third-order valence-electron chi connectivity index (χ3n) is 4.80. The monoisotopic (exact) mass is 410 g/mol. The van der Waals surface area contributed by atoms with Gasteiger partial charge >= 0.3 is 5.69 Å². The highest BCUT2D eigenvalue weighted by Crippen LogP contribution is 2.27. The lowest BCUT2D eigenvalue weighted by Gasteiger charge is -2.10. The van der Waals surface area contributed by atoms with Crippen molar-refractivity contribution in [3.63, 3.8) is 0 Å². The van der Waals surface area contributed by atoms with Gasteiger partial charge in [0.25, 0.3) is 0 Å². The normalized spacial score (nSPS) is 13.6. The van der Waals surface area contributed by atoms with Gasteiger partial charge in [-0.15, -0.1) is 0 Å². The minimum atomic E-state index is -0.268. The molecule has 0 saturated carbocycles. The standard InChI is InChI=1S/C20H22N6O2S/c1-14-12-15(29-19-21-9-5-10-22-19)7-8-16(14)23-18(27)13-26-20(28)25-11-4-2-3-6-17(25)24-26/h5,7-10,12H,2-4,6,11,13H2,1H3,(H,23,27). The van der Waals surface area contributed by atoms with Crippen LogP contribution in [0.4, 0.5) is 5.69 Å². The molecule has 1 N–H and O–H groups in total. The number of benzene rings is 1. The summed E-state index contributed by atoms with van der Waals surface area (Å²) in [7, 11) is 0. The number of rotatable bonds is 5. The van der Waals surface area contributed by atoms with Crippen LogP contribution in [-0.4, -0.2) is 30.2 Å². The minimum Gasteiger partial charge on any atom is -0.324 e. The van der Waals surface area contributed by atoms with E-state index < -0.39 is 0 Å². The molecule has 0 aliphatic carbocycles. The van der Waals surface area contributed by atoms with Gasteiger partial charge in [-0.2, -0.15) is 5.10 Å². The van der Waals surface area contributed by atoms with Gasteiger partial charge in [0.2, 0.25) is 5.91 Å². The lowest BCUT2D eigenvalue weighted by atomic mass is 10.2. The SMILES string of the molecule is Cc1cc(Sc2ncccn2)ccc1NC(=O)Cn1nc2n(c1=O)CCCCC2. The molecule has 1 amide bonds. The Morgan fingerprint density at radius 2 is 2.03 bits per heavy atom. The Morgan fingerprint density at radius 1 is 1.21 bits per heavy atom. The Bertz CT molecular complexity index is 1080. The second-order valence-corrected chi connectivity index (χ2v) is 8.02. The predicted molar refractivity (Wildman–Crippen MR) is 110 cm³/mol. The fourth-order valence-corrected chi connectivity index (χ4v) is 4.15. The van der Waals surface area contributed by atoms with Crippen molar-refractivity contribution < 1.29 is 4.79 Å². The molecule has 0 radical (unpaired) electrons. The number of carbonyl (C=O) groups excluding carboxylic acids is 1. The van der Waals surface area contributed by atoms with Crippen LogP contribution >= 0.6 is 11.8 Å². The number of hydrogen-bond donors (Lipinski definition) is 1. The van der Waals surface area contributed by atoms with Crippen molar-refractivity contribution in [1.29, 1.82) is 0 Å². The van der Waals surface area contributed by atoms with Crippen LogP contribution in [0.2, 0.25) is 0 Å². The number of aryl methyl sites for hydroxylation is 2. The lowest BCUT2D eigenvalue weighted by Crippen LogP contribution is -2.30. The summed E-state index contributed by atoms with van der Waals surface area (Å²) in [5, 5.41) is 7.91. The number of anilines is 1. The molecule has 1 aliphatic rings. The first kappa shape index (κ1) is 19.4. The summed E-state index contributed by atoms with van der Waals surface area (Å²) in [6.07, 6.45) is 7.30. The van der Waals surface area contributed by atoms with Crippen molar-refractivity contribution in [2.75, 3.05) is 5.32 Å². The molecule has 4 rings (SSSR count). The van der Waals surface area contributed by atoms with E-state index >= 15 is 0 Å². The number of amides is 1. The molecule has 0 saturated heterocycles. The highest BCUT2D eigenvalue weighted by Gasteiger charge is 2.17. The van der Waals surface area contributed by atoms with Gasteiger partial charge in [0.05, 0.1) is 0 Å². The highest BCUT2D eigenvalue weighted by atomic mass is 32.2. The molecule has 150 valence electrons. The van der Waals surface area contributed by atoms with E-state index in [9.17, 15) is 9.59 Å². The van der Waals surface area contributed by atoms with Gasteiger partial charge in [-0.1, -0.05) is 6.42 Å². The Hall–Kier alpha value is -2.94. The molecule has 0 fully saturated rings. The van der Waals surface area contributed by atoms with E-state index in [4.69, 9.17) is 0 Å². The van der Waals surface area contributed by atoms with Crippen LogP contribution in [0.5, 0.6) is 0 Å². The average molecular weight is 411 g/mol. The van der Waals surface area contributed by atoms with Gasteiger partial charge in [0.1, 0.15) is 12.4 Å². The van der Waals surface area contributed by atoms with Crippen LogP contribution in [0.25, 0.3) is 0 Å². The van der Waals surface area contributed by atoms with E-state index in [-0.39, 0.29) is 18.1 Å². The van der Waals surface area contributed by atoms with E-state index in [2.05, 4.69) is 20.4 Å². The summed E-state index contributed by atoms with van der Waals surface area (Å²) in [6, 6.07) is 7.51. The molecule has 0 atom stereocenters. The summed E-state index contributed by atoms with van der Waals surface area (Å²) < 4.78 is 2.96. The van der Waals surface area contributed by atoms with Gasteiger partial charge in [-0.3, -0.25) is 9.36 Å². The molecule has 8 nitrogen and oxygen atoms in total. The maximum atomic E-state index is 12.5. The maximum absolute atomic E-state index is 12.5. The van der Waals surface area contributed by atoms with Crippen molar-refractivity contribution in [1.82, 2.24) is 24.3 Å². The van der Waals surface area contributed by atoms with E-state index in [1.165, 1.54) is 16.4 Å². The van der Waals surface area contributed by atoms with Crippen LogP contribution in [0.15, 0.2) is 51.5 Å². The zero-order valence-electron chi connectivity index (χ0n) is 16.2. The Labute approximate surface area is 172 Å². The largest absolute Gasteiger partial charge is 0.346 e. The van der Waals surface area contributed by atoms with Crippen LogP contribution in [0.1, 0.15) is 30.7 Å². The molecule has 1 aliphatic heterocycles. The summed E-state index contributed by atoms with van der Waals surface area (Å²) >= 11 is 1.46. The molecular weight excluding hydrogens is 388 g/mol. The van der Waals surface area contributed by atoms with Gasteiger partial charge in [-0.25, -0.2) is 19.4 Å². The van der Waals surface area contributed by atoms with Crippen LogP contribution in [0.3, 0.4) is 0 Å². The first-order valence-corrected chi connectivity index (χ1v) is 10.4. The molecule has 9 heteroatoms. The Kier molecular flexibility index (Phi) is 5.75. The van der Waals surface area contributed by atoms with Gasteiger partial charge in [0.15, 0.2) is 5.16 Å². The van der Waals surface area contributed by atoms with Crippen LogP contribution in [0, 0.1) is 6.92 Å². The molecule has 3 heterocycles. The van der Waals surface area contributed by atoms with Gasteiger partial charge < -0.3 is 5.32 Å². The summed E-state index contributed by atoms with van der Waals surface area (Å²) in [5.41, 5.74) is 1.43. The van der Waals surface area contributed by atoms with Gasteiger partial charge in [-0.05, 0) is 61.4 Å². The highest BCUT2D eigenvalue weighted by molar-refractivity contribution is 7.99. The maximum Gasteiger partial charge on any atom is 0.346 e. The molecule has 29 heavy (non-hydrogen) atoms. The molecule has 0 spiro atoms. The zero-order valence-corrected chi connectivity index (χ0v) is 17.0. The van der Waals surface area contributed by atoms with E-state index in [1.807, 2.05) is 25.1 Å². The Morgan fingerprint density at radius 3 is 2.83 bits per heavy atom. The Balaban J connectivity index is 1.43. The number of nitrogens with zero attached hydrogens (tertiary/aromatic N) is 5. The third kappa shape index (κ3) is 4.56. The van der Waals surface area contributed by atoms with E-state index in [1.54, 1.807) is 23.0 Å². The number of aromatic nitrogens is 5. The average Bonchev–Trinajstić information content (AvgIpc) is 2.87. The van der Waals surface area contributed by atoms with Crippen molar-refractivity contribution in [3.8, 4) is 0 Å². The topological polar surface area (TPSA) is 94.7 Å². The van der Waals surface area contributed by atoms with Gasteiger partial charge in [0, 0.05) is 35.9 Å². The second-order valence-electron chi connectivity index (χ2n) is 6.98. The summed E-state index contributed by atoms with van der Waals surface area (Å²) in [5.74, 6) is 0.510. The smallest absolute Gasteiger partial charge is 0.324 e. The van der Waals surface area contributed by atoms with Crippen LogP contribution in [-0.2, 0) is 24.3 Å². The fraction of sp³-hybridized carbons (Fsp3) is 0.350. The van der Waals surface area contributed by atoms with Crippen molar-refractivity contribution in [2.24, 2.45) is 0 Å². The molecule has 0 bridgehead atoms. The first-order chi connectivity index (χ1) is 14.1. The lowest BCUT2D eigenvalue weighted by molar-refractivity contribution is -0.117. The molecule has 2 aromatic heterocycles. The summed E-state index contributed by atoms with van der Waals surface area (Å²) in [6.45, 7) is 2.52. The number of nitrogens with one attached hydrogen (secondary N) is 1. The number of hydrogen-bond acceptors (Lipinski definition) is 6. The van der Waals surface area contributed by atoms with E-state index in [0.29, 0.717) is 17.4 Å². The fourth-order valence-electron chi connectivity index (χ4n) is 3.34. The molecular formula is C20H22N6O2S. The number of fused-ring (bicyclic) bond motifs is 1. The molecule has 0 unspecified atom stereocenters. The predicted octanol–water partition coefficient (Wildman–Crippen LogP) is 2.66. The minimum absolute atomic E-state index is 0.0906. The van der Waals surface area contributed by atoms with Crippen molar-refractivity contribution in [3.05, 3.63) is 58.5 Å². The van der Waals surface area contributed by atoms with Crippen molar-refractivity contribution in [2.45, 2.75) is 55.7 Å². The molecule has 3 aromatic rings. The quantitative estimate of drug-likeness (QED) is 0.650. The third-order valence-corrected chi connectivity index (χ3v) is 5.68. The number of carbonyl (C=O) groups is 1. The van der Waals surface area contributed by atoms with Crippen molar-refractivity contribution >= 4 is 23.4 Å².